The maximum absolute atomic E-state index is 13.8. The molecule has 0 aliphatic heterocycles. The van der Waals surface area contributed by atoms with Crippen LogP contribution in [0.2, 0.25) is 0 Å². The summed E-state index contributed by atoms with van der Waals surface area (Å²) in [5, 5.41) is 4.80. The standard InChI is InChI=1S/C27H21N5O2S/c1-18-12-14-19(15-13-18)22-16-25-28-17-24(35(33,34)20-8-4-3-5-9-20)26(32(25)30-22)27-29-21-10-6-7-11-23(21)31(27)2/h3-17H,1-2H3. The van der Waals surface area contributed by atoms with Gasteiger partial charge in [-0.3, -0.25) is 0 Å². The van der Waals surface area contributed by atoms with E-state index in [2.05, 4.69) is 4.98 Å². The summed E-state index contributed by atoms with van der Waals surface area (Å²) in [6.45, 7) is 2.03. The molecule has 3 aromatic heterocycles. The first kappa shape index (κ1) is 21.2. The minimum absolute atomic E-state index is 0.0492. The number of hydrogen-bond acceptors (Lipinski definition) is 5. The van der Waals surface area contributed by atoms with Crippen molar-refractivity contribution in [2.24, 2.45) is 7.05 Å². The Morgan fingerprint density at radius 1 is 0.857 bits per heavy atom. The maximum Gasteiger partial charge on any atom is 0.210 e. The Balaban J connectivity index is 1.69. The average molecular weight is 480 g/mol. The molecule has 0 unspecified atom stereocenters. The topological polar surface area (TPSA) is 82.1 Å². The molecule has 0 saturated carbocycles. The molecule has 0 aliphatic rings. The van der Waals surface area contributed by atoms with Gasteiger partial charge in [0.25, 0.3) is 0 Å². The zero-order chi connectivity index (χ0) is 24.2. The summed E-state index contributed by atoms with van der Waals surface area (Å²) < 4.78 is 31.1. The molecule has 0 radical (unpaired) electrons. The largest absolute Gasteiger partial charge is 0.326 e. The first-order chi connectivity index (χ1) is 16.9. The zero-order valence-corrected chi connectivity index (χ0v) is 19.9. The molecule has 35 heavy (non-hydrogen) atoms. The summed E-state index contributed by atoms with van der Waals surface area (Å²) in [6, 6.07) is 25.9. The van der Waals surface area contributed by atoms with Gasteiger partial charge in [-0.25, -0.2) is 22.9 Å². The van der Waals surface area contributed by atoms with E-state index >= 15 is 0 Å². The minimum atomic E-state index is -3.90. The molecule has 6 aromatic rings. The van der Waals surface area contributed by atoms with Crippen LogP contribution < -0.4 is 0 Å². The molecule has 7 nitrogen and oxygen atoms in total. The summed E-state index contributed by atoms with van der Waals surface area (Å²) in [5.41, 5.74) is 5.33. The van der Waals surface area contributed by atoms with E-state index in [-0.39, 0.29) is 9.79 Å². The highest BCUT2D eigenvalue weighted by atomic mass is 32.2. The van der Waals surface area contributed by atoms with E-state index in [4.69, 9.17) is 10.1 Å². The van der Waals surface area contributed by atoms with Crippen molar-refractivity contribution in [3.8, 4) is 22.8 Å². The third kappa shape index (κ3) is 3.41. The van der Waals surface area contributed by atoms with E-state index in [0.717, 1.165) is 22.2 Å². The van der Waals surface area contributed by atoms with Crippen LogP contribution in [0.3, 0.4) is 0 Å². The average Bonchev–Trinajstić information content (AvgIpc) is 3.46. The lowest BCUT2D eigenvalue weighted by Gasteiger charge is -2.12. The summed E-state index contributed by atoms with van der Waals surface area (Å²) in [7, 11) is -2.03. The van der Waals surface area contributed by atoms with E-state index in [1.165, 1.54) is 6.20 Å². The quantitative estimate of drug-likeness (QED) is 0.352. The zero-order valence-electron chi connectivity index (χ0n) is 19.1. The van der Waals surface area contributed by atoms with Crippen LogP contribution >= 0.6 is 0 Å². The second-order valence-corrected chi connectivity index (χ2v) is 10.4. The van der Waals surface area contributed by atoms with Gasteiger partial charge in [0.05, 0.1) is 27.8 Å². The Kier molecular flexibility index (Phi) is 4.79. The van der Waals surface area contributed by atoms with Gasteiger partial charge in [0.1, 0.15) is 10.6 Å². The van der Waals surface area contributed by atoms with Crippen LogP contribution in [0.1, 0.15) is 5.56 Å². The van der Waals surface area contributed by atoms with Gasteiger partial charge in [-0.1, -0.05) is 60.2 Å². The van der Waals surface area contributed by atoms with Crippen LogP contribution in [-0.2, 0) is 16.9 Å². The Morgan fingerprint density at radius 2 is 1.57 bits per heavy atom. The van der Waals surface area contributed by atoms with Crippen molar-refractivity contribution in [1.82, 2.24) is 24.1 Å². The van der Waals surface area contributed by atoms with Gasteiger partial charge in [0, 0.05) is 18.7 Å². The van der Waals surface area contributed by atoms with Crippen molar-refractivity contribution < 1.29 is 8.42 Å². The van der Waals surface area contributed by atoms with Crippen molar-refractivity contribution in [2.45, 2.75) is 16.7 Å². The van der Waals surface area contributed by atoms with Crippen LogP contribution in [0.15, 0.2) is 101 Å². The maximum atomic E-state index is 13.8. The Morgan fingerprint density at radius 3 is 2.31 bits per heavy atom. The molecule has 0 spiro atoms. The van der Waals surface area contributed by atoms with E-state index in [0.29, 0.717) is 22.9 Å². The fourth-order valence-corrected chi connectivity index (χ4v) is 5.66. The summed E-state index contributed by atoms with van der Waals surface area (Å²) in [5.74, 6) is 0.492. The van der Waals surface area contributed by atoms with Gasteiger partial charge < -0.3 is 4.57 Å². The first-order valence-electron chi connectivity index (χ1n) is 11.1. The smallest absolute Gasteiger partial charge is 0.210 e. The number of para-hydroxylation sites is 2. The predicted octanol–water partition coefficient (Wildman–Crippen LogP) is 5.09. The molecule has 0 fully saturated rings. The number of sulfone groups is 1. The van der Waals surface area contributed by atoms with Gasteiger partial charge in [0.2, 0.25) is 9.84 Å². The van der Waals surface area contributed by atoms with Gasteiger partial charge in [0.15, 0.2) is 11.5 Å². The van der Waals surface area contributed by atoms with Crippen molar-refractivity contribution in [1.29, 1.82) is 0 Å². The first-order valence-corrected chi connectivity index (χ1v) is 12.6. The van der Waals surface area contributed by atoms with Crippen molar-refractivity contribution in [3.63, 3.8) is 0 Å². The van der Waals surface area contributed by atoms with Crippen LogP contribution in [0.5, 0.6) is 0 Å². The van der Waals surface area contributed by atoms with Crippen LogP contribution in [0, 0.1) is 6.92 Å². The monoisotopic (exact) mass is 479 g/mol. The molecule has 8 heteroatoms. The lowest BCUT2D eigenvalue weighted by molar-refractivity contribution is 0.595. The highest BCUT2D eigenvalue weighted by Gasteiger charge is 2.28. The number of aryl methyl sites for hydroxylation is 2. The van der Waals surface area contributed by atoms with Gasteiger partial charge >= 0.3 is 0 Å². The van der Waals surface area contributed by atoms with Crippen molar-refractivity contribution in [3.05, 3.63) is 96.7 Å². The highest BCUT2D eigenvalue weighted by Crippen LogP contribution is 2.33. The van der Waals surface area contributed by atoms with Gasteiger partial charge in [-0.15, -0.1) is 0 Å². The van der Waals surface area contributed by atoms with Crippen molar-refractivity contribution in [2.75, 3.05) is 0 Å². The van der Waals surface area contributed by atoms with E-state index in [9.17, 15) is 8.42 Å². The molecule has 0 saturated heterocycles. The molecule has 172 valence electrons. The molecule has 0 N–H and O–H groups in total. The number of aromatic nitrogens is 5. The van der Waals surface area contributed by atoms with E-state index in [1.807, 2.05) is 73.1 Å². The second-order valence-electron chi connectivity index (χ2n) is 8.44. The molecule has 0 amide bonds. The number of benzene rings is 3. The number of hydrogen-bond donors (Lipinski definition) is 0. The molecule has 3 aromatic carbocycles. The molecule has 0 aliphatic carbocycles. The predicted molar refractivity (Wildman–Crippen MR) is 135 cm³/mol. The lowest BCUT2D eigenvalue weighted by atomic mass is 10.1. The summed E-state index contributed by atoms with van der Waals surface area (Å²) in [6.07, 6.45) is 1.41. The van der Waals surface area contributed by atoms with Gasteiger partial charge in [-0.2, -0.15) is 5.10 Å². The number of fused-ring (bicyclic) bond motifs is 2. The minimum Gasteiger partial charge on any atom is -0.326 e. The van der Waals surface area contributed by atoms with E-state index < -0.39 is 9.84 Å². The summed E-state index contributed by atoms with van der Waals surface area (Å²) >= 11 is 0. The van der Waals surface area contributed by atoms with Crippen LogP contribution in [0.25, 0.3) is 39.5 Å². The fraction of sp³-hybridized carbons (Fsp3) is 0.0741. The molecule has 0 atom stereocenters. The number of imidazole rings is 1. The fourth-order valence-electron chi connectivity index (χ4n) is 4.27. The second kappa shape index (κ2) is 7.89. The third-order valence-corrected chi connectivity index (χ3v) is 7.91. The van der Waals surface area contributed by atoms with E-state index in [1.54, 1.807) is 34.8 Å². The SMILES string of the molecule is Cc1ccc(-c2cc3ncc(S(=O)(=O)c4ccccc4)c(-c4nc5ccccc5n4C)n3n2)cc1. The third-order valence-electron chi connectivity index (χ3n) is 6.14. The molecule has 3 heterocycles. The molecule has 6 rings (SSSR count). The summed E-state index contributed by atoms with van der Waals surface area (Å²) in [4.78, 5) is 9.53. The lowest BCUT2D eigenvalue weighted by Crippen LogP contribution is -2.11. The highest BCUT2D eigenvalue weighted by molar-refractivity contribution is 7.91. The van der Waals surface area contributed by atoms with Crippen LogP contribution in [0.4, 0.5) is 0 Å². The van der Waals surface area contributed by atoms with Gasteiger partial charge in [-0.05, 0) is 31.2 Å². The van der Waals surface area contributed by atoms with Crippen molar-refractivity contribution >= 4 is 26.5 Å². The number of nitrogens with zero attached hydrogens (tertiary/aromatic N) is 5. The normalized spacial score (nSPS) is 11.9. The molecule has 0 bridgehead atoms. The molecular weight excluding hydrogens is 458 g/mol. The Hall–Kier alpha value is -4.30. The number of rotatable bonds is 4. The Bertz CT molecular complexity index is 1820. The Labute approximate surface area is 202 Å². The van der Waals surface area contributed by atoms with Crippen LogP contribution in [-0.4, -0.2) is 32.6 Å². The molecular formula is C27H21N5O2S.